The van der Waals surface area contributed by atoms with Crippen LogP contribution in [0.1, 0.15) is 45.3 Å². The largest absolute Gasteiger partial charge is 0.444 e. The molecule has 0 saturated carbocycles. The maximum Gasteiger partial charge on any atom is 0.410 e. The standard InChI is InChI=1S/C16H22BrClN2O4/c1-16(2,3)24-15(23)20-10(8-21)4-5-11(20)14(22)9-6-12(17)19-13(18)7-9/h6-7,10-11,14,21-22H,4-5,8H2,1-3H3. The van der Waals surface area contributed by atoms with Crippen LogP contribution in [0.15, 0.2) is 16.7 Å². The van der Waals surface area contributed by atoms with Gasteiger partial charge in [-0.2, -0.15) is 0 Å². The molecule has 1 aromatic heterocycles. The molecule has 1 amide bonds. The van der Waals surface area contributed by atoms with E-state index < -0.39 is 23.8 Å². The van der Waals surface area contributed by atoms with Crippen molar-refractivity contribution >= 4 is 33.6 Å². The fourth-order valence-electron chi connectivity index (χ4n) is 2.88. The average molecular weight is 422 g/mol. The molecule has 0 bridgehead atoms. The number of halogens is 2. The van der Waals surface area contributed by atoms with Gasteiger partial charge in [-0.3, -0.25) is 4.90 Å². The van der Waals surface area contributed by atoms with Crippen molar-refractivity contribution in [2.75, 3.05) is 6.61 Å². The van der Waals surface area contributed by atoms with Gasteiger partial charge in [0.1, 0.15) is 15.4 Å². The second-order valence-corrected chi connectivity index (χ2v) is 8.06. The Balaban J connectivity index is 2.27. The lowest BCUT2D eigenvalue weighted by Crippen LogP contribution is -2.47. The smallest absolute Gasteiger partial charge is 0.410 e. The molecule has 8 heteroatoms. The molecule has 2 N–H and O–H groups in total. The number of aromatic nitrogens is 1. The van der Waals surface area contributed by atoms with Crippen molar-refractivity contribution in [3.05, 3.63) is 27.5 Å². The minimum absolute atomic E-state index is 0.177. The maximum absolute atomic E-state index is 12.5. The number of amides is 1. The summed E-state index contributed by atoms with van der Waals surface area (Å²) in [7, 11) is 0. The first kappa shape index (κ1) is 19.4. The maximum atomic E-state index is 12.5. The van der Waals surface area contributed by atoms with E-state index in [9.17, 15) is 15.0 Å². The van der Waals surface area contributed by atoms with Gasteiger partial charge in [-0.15, -0.1) is 0 Å². The highest BCUT2D eigenvalue weighted by Crippen LogP contribution is 2.35. The summed E-state index contributed by atoms with van der Waals surface area (Å²) in [5, 5.41) is 20.6. The molecule has 3 unspecified atom stereocenters. The normalized spacial score (nSPS) is 22.5. The minimum atomic E-state index is -0.953. The van der Waals surface area contributed by atoms with Crippen molar-refractivity contribution in [1.82, 2.24) is 9.88 Å². The van der Waals surface area contributed by atoms with Crippen LogP contribution < -0.4 is 0 Å². The van der Waals surface area contributed by atoms with Crippen LogP contribution in [0.4, 0.5) is 4.79 Å². The molecular formula is C16H22BrClN2O4. The Morgan fingerprint density at radius 3 is 2.71 bits per heavy atom. The van der Waals surface area contributed by atoms with Gasteiger partial charge in [-0.05, 0) is 67.2 Å². The lowest BCUT2D eigenvalue weighted by Gasteiger charge is -2.34. The monoisotopic (exact) mass is 420 g/mol. The number of hydrogen-bond acceptors (Lipinski definition) is 5. The van der Waals surface area contributed by atoms with Gasteiger partial charge in [-0.1, -0.05) is 11.6 Å². The lowest BCUT2D eigenvalue weighted by molar-refractivity contribution is -0.0103. The van der Waals surface area contributed by atoms with Gasteiger partial charge in [0.2, 0.25) is 0 Å². The fraction of sp³-hybridized carbons (Fsp3) is 0.625. The van der Waals surface area contributed by atoms with Crippen molar-refractivity contribution < 1.29 is 19.7 Å². The molecule has 1 aromatic rings. The van der Waals surface area contributed by atoms with E-state index in [-0.39, 0.29) is 17.8 Å². The summed E-state index contributed by atoms with van der Waals surface area (Å²) in [5.74, 6) is 0. The van der Waals surface area contributed by atoms with Gasteiger partial charge >= 0.3 is 6.09 Å². The third kappa shape index (κ3) is 4.59. The van der Waals surface area contributed by atoms with E-state index in [2.05, 4.69) is 20.9 Å². The first-order valence-electron chi connectivity index (χ1n) is 7.75. The van der Waals surface area contributed by atoms with Crippen LogP contribution in [0.2, 0.25) is 5.15 Å². The molecule has 6 nitrogen and oxygen atoms in total. The average Bonchev–Trinajstić information content (AvgIpc) is 2.87. The van der Waals surface area contributed by atoms with Gasteiger partial charge in [-0.25, -0.2) is 9.78 Å². The first-order chi connectivity index (χ1) is 11.1. The summed E-state index contributed by atoms with van der Waals surface area (Å²) in [4.78, 5) is 18.0. The zero-order valence-electron chi connectivity index (χ0n) is 13.9. The molecular weight excluding hydrogens is 400 g/mol. The van der Waals surface area contributed by atoms with E-state index in [1.54, 1.807) is 32.9 Å². The van der Waals surface area contributed by atoms with Crippen molar-refractivity contribution in [3.8, 4) is 0 Å². The molecule has 3 atom stereocenters. The third-order valence-electron chi connectivity index (χ3n) is 3.85. The molecule has 0 radical (unpaired) electrons. The number of rotatable bonds is 3. The van der Waals surface area contributed by atoms with Crippen molar-refractivity contribution in [1.29, 1.82) is 0 Å². The molecule has 1 saturated heterocycles. The number of ether oxygens (including phenoxy) is 1. The highest BCUT2D eigenvalue weighted by molar-refractivity contribution is 9.10. The van der Waals surface area contributed by atoms with E-state index in [4.69, 9.17) is 16.3 Å². The summed E-state index contributed by atoms with van der Waals surface area (Å²) in [6, 6.07) is 2.36. The van der Waals surface area contributed by atoms with Crippen LogP contribution in [0.25, 0.3) is 0 Å². The third-order valence-corrected chi connectivity index (χ3v) is 4.45. The second-order valence-electron chi connectivity index (χ2n) is 6.86. The Morgan fingerprint density at radius 2 is 2.17 bits per heavy atom. The zero-order valence-corrected chi connectivity index (χ0v) is 16.2. The SMILES string of the molecule is CC(C)(C)OC(=O)N1C(CO)CCC1C(O)c1cc(Cl)nc(Br)c1. The highest BCUT2D eigenvalue weighted by atomic mass is 79.9. The van der Waals surface area contributed by atoms with Crippen molar-refractivity contribution in [2.45, 2.75) is 57.4 Å². The van der Waals surface area contributed by atoms with Gasteiger partial charge in [0, 0.05) is 0 Å². The van der Waals surface area contributed by atoms with Gasteiger partial charge in [0.05, 0.1) is 24.8 Å². The van der Waals surface area contributed by atoms with Crippen LogP contribution in [0, 0.1) is 0 Å². The Labute approximate surface area is 154 Å². The fourth-order valence-corrected chi connectivity index (χ4v) is 3.65. The molecule has 1 aliphatic rings. The molecule has 24 heavy (non-hydrogen) atoms. The minimum Gasteiger partial charge on any atom is -0.444 e. The number of likely N-dealkylation sites (tertiary alicyclic amines) is 1. The number of carbonyl (C=O) groups is 1. The molecule has 1 aliphatic heterocycles. The number of aliphatic hydroxyl groups excluding tert-OH is 2. The van der Waals surface area contributed by atoms with E-state index >= 15 is 0 Å². The van der Waals surface area contributed by atoms with Crippen LogP contribution in [0.3, 0.4) is 0 Å². The van der Waals surface area contributed by atoms with Crippen LogP contribution in [-0.2, 0) is 4.74 Å². The summed E-state index contributed by atoms with van der Waals surface area (Å²) in [6.07, 6.45) is -0.339. The van der Waals surface area contributed by atoms with Crippen LogP contribution in [0.5, 0.6) is 0 Å². The van der Waals surface area contributed by atoms with E-state index in [0.29, 0.717) is 23.0 Å². The van der Waals surface area contributed by atoms with Crippen molar-refractivity contribution in [2.24, 2.45) is 0 Å². The molecule has 0 spiro atoms. The van der Waals surface area contributed by atoms with E-state index in [1.165, 1.54) is 4.90 Å². The number of carbonyl (C=O) groups excluding carboxylic acids is 1. The highest BCUT2D eigenvalue weighted by Gasteiger charge is 2.42. The summed E-state index contributed by atoms with van der Waals surface area (Å²) < 4.78 is 5.94. The number of hydrogen-bond donors (Lipinski definition) is 2. The number of nitrogens with zero attached hydrogens (tertiary/aromatic N) is 2. The van der Waals surface area contributed by atoms with Gasteiger partial charge in [0.15, 0.2) is 0 Å². The molecule has 0 aliphatic carbocycles. The van der Waals surface area contributed by atoms with Crippen LogP contribution in [-0.4, -0.2) is 50.5 Å². The predicted octanol–water partition coefficient (Wildman–Crippen LogP) is 3.29. The van der Waals surface area contributed by atoms with E-state index in [0.717, 1.165) is 0 Å². The molecule has 0 aromatic carbocycles. The quantitative estimate of drug-likeness (QED) is 0.732. The predicted molar refractivity (Wildman–Crippen MR) is 93.9 cm³/mol. The first-order valence-corrected chi connectivity index (χ1v) is 8.92. The topological polar surface area (TPSA) is 82.9 Å². The number of aliphatic hydroxyl groups is 2. The van der Waals surface area contributed by atoms with Gasteiger partial charge in [0.25, 0.3) is 0 Å². The number of pyridine rings is 1. The Kier molecular flexibility index (Phi) is 6.12. The second kappa shape index (κ2) is 7.56. The summed E-state index contributed by atoms with van der Waals surface area (Å²) in [6.45, 7) is 5.16. The van der Waals surface area contributed by atoms with Gasteiger partial charge < -0.3 is 14.9 Å². The molecule has 2 heterocycles. The lowest BCUT2D eigenvalue weighted by atomic mass is 10.0. The molecule has 1 fully saturated rings. The summed E-state index contributed by atoms with van der Waals surface area (Å²) >= 11 is 9.19. The Hall–Kier alpha value is -0.890. The van der Waals surface area contributed by atoms with Crippen molar-refractivity contribution in [3.63, 3.8) is 0 Å². The molecule has 134 valence electrons. The Morgan fingerprint density at radius 1 is 1.50 bits per heavy atom. The zero-order chi connectivity index (χ0) is 18.1. The van der Waals surface area contributed by atoms with E-state index in [1.807, 2.05) is 0 Å². The van der Waals surface area contributed by atoms with Crippen LogP contribution >= 0.6 is 27.5 Å². The molecule has 2 rings (SSSR count). The summed E-state index contributed by atoms with van der Waals surface area (Å²) in [5.41, 5.74) is -0.0999. The Bertz CT molecular complexity index is 588.